The Morgan fingerprint density at radius 3 is 2.46 bits per heavy atom. The number of nitrogens with zero attached hydrogens (tertiary/aromatic N) is 2. The lowest BCUT2D eigenvalue weighted by Gasteiger charge is -2.41. The lowest BCUT2D eigenvalue weighted by atomic mass is 9.88. The maximum absolute atomic E-state index is 15.6. The Hall–Kier alpha value is -2.65. The number of hydrogen-bond donors (Lipinski definition) is 1. The van der Waals surface area contributed by atoms with E-state index in [1.807, 2.05) is 31.2 Å². The van der Waals surface area contributed by atoms with E-state index < -0.39 is 42.0 Å². The van der Waals surface area contributed by atoms with E-state index in [4.69, 9.17) is 4.74 Å². The molecule has 1 fully saturated rings. The first kappa shape index (κ1) is 26.0. The van der Waals surface area contributed by atoms with E-state index in [0.717, 1.165) is 53.0 Å². The van der Waals surface area contributed by atoms with Crippen LogP contribution >= 0.6 is 0 Å². The van der Waals surface area contributed by atoms with Crippen LogP contribution in [0.25, 0.3) is 10.9 Å². The van der Waals surface area contributed by atoms with E-state index in [2.05, 4.69) is 16.8 Å². The molecule has 4 nitrogen and oxygen atoms in total. The van der Waals surface area contributed by atoms with Crippen LogP contribution in [0.1, 0.15) is 50.1 Å². The van der Waals surface area contributed by atoms with Gasteiger partial charge in [0.2, 0.25) is 0 Å². The van der Waals surface area contributed by atoms with Gasteiger partial charge in [0.15, 0.2) is 0 Å². The summed E-state index contributed by atoms with van der Waals surface area (Å²) in [6.45, 7) is 6.74. The fourth-order valence-corrected chi connectivity index (χ4v) is 5.87. The van der Waals surface area contributed by atoms with E-state index >= 15 is 8.78 Å². The third kappa shape index (κ3) is 5.21. The van der Waals surface area contributed by atoms with Crippen LogP contribution in [-0.4, -0.2) is 59.3 Å². The Morgan fingerprint density at radius 2 is 1.81 bits per heavy atom. The first-order valence-corrected chi connectivity index (χ1v) is 12.8. The van der Waals surface area contributed by atoms with Crippen molar-refractivity contribution in [2.45, 2.75) is 57.9 Å². The first-order valence-electron chi connectivity index (χ1n) is 12.8. The van der Waals surface area contributed by atoms with Gasteiger partial charge in [-0.1, -0.05) is 25.1 Å². The monoisotopic (exact) mass is 521 g/mol. The van der Waals surface area contributed by atoms with E-state index in [1.165, 1.54) is 0 Å². The molecule has 1 N–H and O–H groups in total. The zero-order chi connectivity index (χ0) is 26.5. The van der Waals surface area contributed by atoms with Gasteiger partial charge in [-0.3, -0.25) is 9.80 Å². The molecule has 0 aliphatic carbocycles. The Bertz CT molecular complexity index is 1250. The second-order valence-electron chi connectivity index (χ2n) is 10.7. The Balaban J connectivity index is 1.50. The standard InChI is InChI=1S/C28H32F5N3O/c1-16-8-9-35(13-16)18(3)14-37-19-11-22(29)25(23(30)12-19)27-26-21(20-6-4-5-7-24(20)34-26)10-17(2)36(27)15-28(31,32)33/h4-7,11-12,16-18,27,34H,8-10,13-15H2,1-3H3/t16-,17-,18+,27-/m1/s1. The van der Waals surface area contributed by atoms with Crippen molar-refractivity contribution in [3.8, 4) is 5.75 Å². The van der Waals surface area contributed by atoms with Crippen LogP contribution in [-0.2, 0) is 6.42 Å². The van der Waals surface area contributed by atoms with E-state index in [0.29, 0.717) is 18.0 Å². The maximum Gasteiger partial charge on any atom is 0.401 e. The van der Waals surface area contributed by atoms with Gasteiger partial charge in [0, 0.05) is 52.9 Å². The molecule has 1 saturated heterocycles. The number of benzene rings is 2. The smallest absolute Gasteiger partial charge is 0.401 e. The van der Waals surface area contributed by atoms with Crippen LogP contribution in [0.5, 0.6) is 5.75 Å². The molecule has 3 aromatic rings. The number of likely N-dealkylation sites (tertiary alicyclic amines) is 1. The molecule has 9 heteroatoms. The SMILES string of the molecule is C[C@@H]1CCN([C@@H](C)COc2cc(F)c([C@@H]3c4[nH]c5ccccc5c4C[C@@H](C)N3CC(F)(F)F)c(F)c2)C1. The molecule has 0 bridgehead atoms. The summed E-state index contributed by atoms with van der Waals surface area (Å²) in [5.74, 6) is -1.22. The number of rotatable bonds is 6. The van der Waals surface area contributed by atoms with E-state index in [1.54, 1.807) is 6.92 Å². The van der Waals surface area contributed by atoms with Crippen molar-refractivity contribution in [3.05, 3.63) is 64.9 Å². The summed E-state index contributed by atoms with van der Waals surface area (Å²) in [7, 11) is 0. The highest BCUT2D eigenvalue weighted by Gasteiger charge is 2.43. The van der Waals surface area contributed by atoms with Gasteiger partial charge in [0.1, 0.15) is 24.0 Å². The molecule has 0 radical (unpaired) electrons. The number of H-pyrrole nitrogens is 1. The third-order valence-electron chi connectivity index (χ3n) is 7.78. The molecule has 2 aromatic carbocycles. The van der Waals surface area contributed by atoms with Gasteiger partial charge in [0.25, 0.3) is 0 Å². The number of halogens is 5. The fraction of sp³-hybridized carbons (Fsp3) is 0.500. The molecule has 5 rings (SSSR count). The quantitative estimate of drug-likeness (QED) is 0.378. The number of hydrogen-bond acceptors (Lipinski definition) is 3. The van der Waals surface area contributed by atoms with Gasteiger partial charge in [0.05, 0.1) is 12.6 Å². The fourth-order valence-electron chi connectivity index (χ4n) is 5.87. The summed E-state index contributed by atoms with van der Waals surface area (Å²) < 4.78 is 77.8. The molecule has 0 unspecified atom stereocenters. The van der Waals surface area contributed by atoms with E-state index in [-0.39, 0.29) is 18.4 Å². The summed E-state index contributed by atoms with van der Waals surface area (Å²) in [5.41, 5.74) is 1.51. The number of ether oxygens (including phenoxy) is 1. The maximum atomic E-state index is 15.6. The molecule has 200 valence electrons. The molecule has 0 saturated carbocycles. The molecule has 3 heterocycles. The van der Waals surface area contributed by atoms with Crippen molar-refractivity contribution in [2.75, 3.05) is 26.2 Å². The predicted octanol–water partition coefficient (Wildman–Crippen LogP) is 6.45. The Morgan fingerprint density at radius 1 is 1.11 bits per heavy atom. The third-order valence-corrected chi connectivity index (χ3v) is 7.78. The molecule has 2 aliphatic rings. The van der Waals surface area contributed by atoms with Gasteiger partial charge in [-0.2, -0.15) is 13.2 Å². The van der Waals surface area contributed by atoms with Crippen molar-refractivity contribution in [2.24, 2.45) is 5.92 Å². The molecule has 37 heavy (non-hydrogen) atoms. The molecule has 2 aliphatic heterocycles. The van der Waals surface area contributed by atoms with Gasteiger partial charge in [-0.15, -0.1) is 0 Å². The normalized spacial score (nSPS) is 23.9. The van der Waals surface area contributed by atoms with Crippen LogP contribution < -0.4 is 4.74 Å². The topological polar surface area (TPSA) is 31.5 Å². The van der Waals surface area contributed by atoms with Crippen LogP contribution in [0.4, 0.5) is 22.0 Å². The highest BCUT2D eigenvalue weighted by atomic mass is 19.4. The number of nitrogens with one attached hydrogen (secondary N) is 1. The van der Waals surface area contributed by atoms with Crippen LogP contribution in [0.2, 0.25) is 0 Å². The van der Waals surface area contributed by atoms with Gasteiger partial charge >= 0.3 is 6.18 Å². The number of fused-ring (bicyclic) bond motifs is 3. The average Bonchev–Trinajstić information content (AvgIpc) is 3.41. The minimum absolute atomic E-state index is 0.0287. The summed E-state index contributed by atoms with van der Waals surface area (Å²) in [4.78, 5) is 6.58. The molecule has 4 atom stereocenters. The average molecular weight is 522 g/mol. The van der Waals surface area contributed by atoms with Crippen molar-refractivity contribution < 1.29 is 26.7 Å². The van der Waals surface area contributed by atoms with Gasteiger partial charge in [-0.05, 0) is 50.8 Å². The Kier molecular flexibility index (Phi) is 6.96. The highest BCUT2D eigenvalue weighted by molar-refractivity contribution is 5.85. The Labute approximate surface area is 213 Å². The minimum atomic E-state index is -4.53. The first-order chi connectivity index (χ1) is 17.5. The second kappa shape index (κ2) is 9.91. The molecule has 1 aromatic heterocycles. The van der Waals surface area contributed by atoms with Gasteiger partial charge < -0.3 is 9.72 Å². The second-order valence-corrected chi connectivity index (χ2v) is 10.7. The zero-order valence-electron chi connectivity index (χ0n) is 21.2. The lowest BCUT2D eigenvalue weighted by Crippen LogP contribution is -2.47. The van der Waals surface area contributed by atoms with Crippen LogP contribution in [0.3, 0.4) is 0 Å². The largest absolute Gasteiger partial charge is 0.492 e. The predicted molar refractivity (Wildman–Crippen MR) is 133 cm³/mol. The van der Waals surface area contributed by atoms with Crippen molar-refractivity contribution in [1.29, 1.82) is 0 Å². The summed E-state index contributed by atoms with van der Waals surface area (Å²) >= 11 is 0. The number of alkyl halides is 3. The molecular weight excluding hydrogens is 489 g/mol. The van der Waals surface area contributed by atoms with Crippen molar-refractivity contribution in [1.82, 2.24) is 14.8 Å². The number of para-hydroxylation sites is 1. The van der Waals surface area contributed by atoms with E-state index in [9.17, 15) is 13.2 Å². The van der Waals surface area contributed by atoms with Crippen LogP contribution in [0, 0.1) is 17.6 Å². The summed E-state index contributed by atoms with van der Waals surface area (Å²) in [5, 5.41) is 0.854. The summed E-state index contributed by atoms with van der Waals surface area (Å²) in [6.07, 6.45) is -3.09. The molecular formula is C28H32F5N3O. The van der Waals surface area contributed by atoms with Crippen LogP contribution in [0.15, 0.2) is 36.4 Å². The number of aromatic amines is 1. The molecule has 0 amide bonds. The van der Waals surface area contributed by atoms with Crippen molar-refractivity contribution in [3.63, 3.8) is 0 Å². The summed E-state index contributed by atoms with van der Waals surface area (Å²) in [6, 6.07) is 7.75. The van der Waals surface area contributed by atoms with Gasteiger partial charge in [-0.25, -0.2) is 8.78 Å². The lowest BCUT2D eigenvalue weighted by molar-refractivity contribution is -0.155. The van der Waals surface area contributed by atoms with Crippen molar-refractivity contribution >= 4 is 10.9 Å². The number of aromatic nitrogens is 1. The molecule has 0 spiro atoms. The highest BCUT2D eigenvalue weighted by Crippen LogP contribution is 2.44. The zero-order valence-corrected chi connectivity index (χ0v) is 21.2. The minimum Gasteiger partial charge on any atom is -0.492 e.